The van der Waals surface area contributed by atoms with Gasteiger partial charge in [-0.1, -0.05) is 43.0 Å². The summed E-state index contributed by atoms with van der Waals surface area (Å²) >= 11 is 0. The number of methoxy groups -OCH3 is 1. The summed E-state index contributed by atoms with van der Waals surface area (Å²) in [6, 6.07) is 19.8. The minimum Gasteiger partial charge on any atom is -0.496 e. The van der Waals surface area contributed by atoms with Gasteiger partial charge in [-0.15, -0.1) is 0 Å². The number of aromatic nitrogens is 4. The van der Waals surface area contributed by atoms with Gasteiger partial charge in [0, 0.05) is 67.4 Å². The van der Waals surface area contributed by atoms with Crippen LogP contribution < -0.4 is 36.6 Å². The van der Waals surface area contributed by atoms with Crippen LogP contribution in [0.5, 0.6) is 5.75 Å². The molecule has 0 spiro atoms. The number of amides is 8. The fourth-order valence-electron chi connectivity index (χ4n) is 9.81. The molecule has 2 aliphatic rings. The van der Waals surface area contributed by atoms with Crippen molar-refractivity contribution < 1.29 is 33.5 Å². The van der Waals surface area contributed by atoms with Crippen molar-refractivity contribution in [2.45, 2.75) is 70.4 Å². The smallest absolute Gasteiger partial charge is 0.319 e. The average molecular weight is 1030 g/mol. The van der Waals surface area contributed by atoms with E-state index in [1.165, 1.54) is 13.2 Å². The monoisotopic (exact) mass is 1020 g/mol. The van der Waals surface area contributed by atoms with Crippen LogP contribution >= 0.6 is 0 Å². The standard InChI is InChI=1S/C54H68N14O7/c1-13-43(69)56-36-23-21-35(22-24-36)49(71)59-47-40-31-68(51(73)55-33(2)29-63(6)7)54(5,46(40)65(10)62-47)27-17-20-44(70)57-37-25-26-38(42(28-37)75-12)50(72)60-48-39-30-67(53(3,4)45(39)61-66(48)11)52(74)58-41(32-64(8)9)34-18-15-14-16-19-34/h13-26,28,33,41H,1,27,29-32H2,2-12H3,(H,55,73)(H,56,69)(H,57,70)(H,58,74)(H,60,72)(H,59,62,71)/b20-17+/t33?,41-,54?/m1/s1. The lowest BCUT2D eigenvalue weighted by molar-refractivity contribution is -0.112. The van der Waals surface area contributed by atoms with Crippen molar-refractivity contribution in [1.82, 2.24) is 49.8 Å². The van der Waals surface area contributed by atoms with Crippen molar-refractivity contribution in [3.8, 4) is 5.75 Å². The van der Waals surface area contributed by atoms with Gasteiger partial charge in [-0.05, 0) is 116 Å². The van der Waals surface area contributed by atoms with Crippen molar-refractivity contribution in [3.63, 3.8) is 0 Å². The molecule has 2 aromatic heterocycles. The van der Waals surface area contributed by atoms with E-state index in [0.717, 1.165) is 11.6 Å². The van der Waals surface area contributed by atoms with Gasteiger partial charge in [-0.3, -0.25) is 28.5 Å². The highest BCUT2D eigenvalue weighted by atomic mass is 16.5. The molecule has 2 aliphatic heterocycles. The maximum atomic E-state index is 14.1. The zero-order valence-corrected chi connectivity index (χ0v) is 44.5. The van der Waals surface area contributed by atoms with Gasteiger partial charge in [0.25, 0.3) is 11.8 Å². The number of likely N-dealkylation sites (N-methyl/N-ethyl adjacent to an activating group) is 2. The molecule has 7 rings (SSSR count). The zero-order valence-electron chi connectivity index (χ0n) is 44.5. The Hall–Kier alpha value is -8.30. The van der Waals surface area contributed by atoms with Crippen LogP contribution in [0.25, 0.3) is 0 Å². The quantitative estimate of drug-likeness (QED) is 0.0547. The molecule has 8 amide bonds. The van der Waals surface area contributed by atoms with Crippen molar-refractivity contribution in [3.05, 3.63) is 137 Å². The summed E-state index contributed by atoms with van der Waals surface area (Å²) in [5, 5.41) is 27.1. The van der Waals surface area contributed by atoms with Gasteiger partial charge in [0.1, 0.15) is 11.6 Å². The van der Waals surface area contributed by atoms with Gasteiger partial charge in [0.05, 0.1) is 54.3 Å². The number of nitrogens with zero attached hydrogens (tertiary/aromatic N) is 8. The van der Waals surface area contributed by atoms with E-state index in [2.05, 4.69) is 43.6 Å². The first-order chi connectivity index (χ1) is 35.5. The molecule has 3 atom stereocenters. The highest BCUT2D eigenvalue weighted by Gasteiger charge is 2.48. The van der Waals surface area contributed by atoms with Gasteiger partial charge >= 0.3 is 12.1 Å². The molecular weight excluding hydrogens is 957 g/mol. The number of carbonyl (C=O) groups excluding carboxylic acids is 6. The summed E-state index contributed by atoms with van der Waals surface area (Å²) in [5.41, 5.74) is 3.23. The number of nitrogens with one attached hydrogen (secondary N) is 6. The van der Waals surface area contributed by atoms with Crippen LogP contribution in [0.1, 0.15) is 89.0 Å². The molecule has 4 heterocycles. The Bertz CT molecular complexity index is 3020. The van der Waals surface area contributed by atoms with Crippen molar-refractivity contribution in [2.75, 3.05) is 69.7 Å². The zero-order chi connectivity index (χ0) is 54.5. The summed E-state index contributed by atoms with van der Waals surface area (Å²) in [4.78, 5) is 88.3. The lowest BCUT2D eigenvalue weighted by Gasteiger charge is -2.36. The van der Waals surface area contributed by atoms with Gasteiger partial charge in [-0.2, -0.15) is 10.2 Å². The molecule has 75 heavy (non-hydrogen) atoms. The third-order valence-electron chi connectivity index (χ3n) is 13.4. The van der Waals surface area contributed by atoms with E-state index in [9.17, 15) is 28.8 Å². The van der Waals surface area contributed by atoms with Crippen LogP contribution in [0.2, 0.25) is 0 Å². The first-order valence-electron chi connectivity index (χ1n) is 24.5. The highest BCUT2D eigenvalue weighted by molar-refractivity contribution is 6.08. The molecule has 6 N–H and O–H groups in total. The van der Waals surface area contributed by atoms with Crippen LogP contribution in [0.4, 0.5) is 32.6 Å². The minimum absolute atomic E-state index is 0.117. The van der Waals surface area contributed by atoms with E-state index in [-0.39, 0.29) is 66.7 Å². The van der Waals surface area contributed by atoms with Gasteiger partial charge < -0.3 is 56.2 Å². The second kappa shape index (κ2) is 22.4. The topological polar surface area (TPSA) is 232 Å². The number of aryl methyl sites for hydroxylation is 2. The molecule has 2 unspecified atom stereocenters. The van der Waals surface area contributed by atoms with Crippen LogP contribution in [-0.4, -0.2) is 129 Å². The summed E-state index contributed by atoms with van der Waals surface area (Å²) in [6.07, 6.45) is 4.39. The van der Waals surface area contributed by atoms with Crippen molar-refractivity contribution in [1.29, 1.82) is 0 Å². The fraction of sp³-hybridized carbons (Fsp3) is 0.370. The molecule has 5 aromatic rings. The van der Waals surface area contributed by atoms with Crippen LogP contribution in [0.15, 0.2) is 97.6 Å². The lowest BCUT2D eigenvalue weighted by atomic mass is 9.93. The Morgan fingerprint density at radius 1 is 0.747 bits per heavy atom. The fourth-order valence-corrected chi connectivity index (χ4v) is 9.81. The number of rotatable bonds is 18. The molecule has 21 heteroatoms. The van der Waals surface area contributed by atoms with Crippen LogP contribution in [0.3, 0.4) is 0 Å². The van der Waals surface area contributed by atoms with Crippen molar-refractivity contribution in [2.24, 2.45) is 14.1 Å². The summed E-state index contributed by atoms with van der Waals surface area (Å²) in [7, 11) is 12.7. The van der Waals surface area contributed by atoms with Gasteiger partial charge in [0.2, 0.25) is 11.8 Å². The number of benzene rings is 3. The van der Waals surface area contributed by atoms with E-state index >= 15 is 0 Å². The molecular formula is C54H68N14O7. The number of urea groups is 2. The van der Waals surface area contributed by atoms with Crippen LogP contribution in [0, 0.1) is 0 Å². The molecule has 0 bridgehead atoms. The third kappa shape index (κ3) is 11.9. The Labute approximate surface area is 437 Å². The van der Waals surface area contributed by atoms with E-state index in [0.29, 0.717) is 58.4 Å². The molecule has 0 radical (unpaired) electrons. The second-order valence-electron chi connectivity index (χ2n) is 20.1. The van der Waals surface area contributed by atoms with Gasteiger partial charge in [0.15, 0.2) is 5.82 Å². The molecule has 0 fully saturated rings. The van der Waals surface area contributed by atoms with Crippen LogP contribution in [-0.2, 0) is 47.9 Å². The average Bonchev–Trinajstić information content (AvgIpc) is 4.04. The lowest BCUT2D eigenvalue weighted by Crippen LogP contribution is -2.51. The second-order valence-corrected chi connectivity index (χ2v) is 20.1. The SMILES string of the molecule is C=CC(=O)Nc1ccc(C(=O)Nc2nn(C)c3c2CN(C(=O)NC(C)CN(C)C)C3(C)C/C=C/C(=O)Nc2ccc(C(=O)Nc3c4c(nn3C)C(C)(C)N(C(=O)N[C@H](CN(C)C)c3ccccc3)C4)c(OC)c2)cc1. The maximum Gasteiger partial charge on any atom is 0.319 e. The van der Waals surface area contributed by atoms with E-state index in [4.69, 9.17) is 9.84 Å². The van der Waals surface area contributed by atoms with Crippen molar-refractivity contribution >= 4 is 58.7 Å². The predicted molar refractivity (Wildman–Crippen MR) is 287 cm³/mol. The highest BCUT2D eigenvalue weighted by Crippen LogP contribution is 2.45. The number of carbonyl (C=O) groups is 6. The molecule has 21 nitrogen and oxygen atoms in total. The minimum atomic E-state index is -1.02. The van der Waals surface area contributed by atoms with E-state index in [1.807, 2.05) is 96.0 Å². The summed E-state index contributed by atoms with van der Waals surface area (Å²) in [6.45, 7) is 12.6. The molecule has 3 aromatic carbocycles. The first kappa shape index (κ1) is 54.5. The molecule has 0 saturated carbocycles. The number of anilines is 4. The first-order valence-corrected chi connectivity index (χ1v) is 24.5. The number of hydrogen-bond donors (Lipinski definition) is 6. The number of ether oxygens (including phenoxy) is 1. The summed E-state index contributed by atoms with van der Waals surface area (Å²) in [5.74, 6) is -0.856. The van der Waals surface area contributed by atoms with E-state index in [1.54, 1.807) is 81.8 Å². The number of fused-ring (bicyclic) bond motifs is 2. The number of hydrogen-bond acceptors (Lipinski definition) is 11. The Morgan fingerprint density at radius 2 is 1.39 bits per heavy atom. The molecule has 0 saturated heterocycles. The maximum absolute atomic E-state index is 14.1. The normalized spacial score (nSPS) is 16.3. The Kier molecular flexibility index (Phi) is 16.3. The van der Waals surface area contributed by atoms with E-state index < -0.39 is 28.8 Å². The summed E-state index contributed by atoms with van der Waals surface area (Å²) < 4.78 is 8.89. The largest absolute Gasteiger partial charge is 0.496 e. The Morgan fingerprint density at radius 3 is 2.04 bits per heavy atom. The van der Waals surface area contributed by atoms with Gasteiger partial charge in [-0.25, -0.2) is 9.59 Å². The Balaban J connectivity index is 1.04. The molecule has 0 aliphatic carbocycles. The predicted octanol–water partition coefficient (Wildman–Crippen LogP) is 6.13. The third-order valence-corrected chi connectivity index (χ3v) is 13.4. The molecule has 396 valence electrons.